The van der Waals surface area contributed by atoms with E-state index < -0.39 is 10.8 Å². The van der Waals surface area contributed by atoms with E-state index in [9.17, 15) is 0 Å². The Morgan fingerprint density at radius 2 is 0.840 bits per heavy atom. The second-order valence-electron chi connectivity index (χ2n) is 20.8. The van der Waals surface area contributed by atoms with Crippen molar-refractivity contribution in [3.63, 3.8) is 0 Å². The van der Waals surface area contributed by atoms with Gasteiger partial charge in [-0.05, 0) is 157 Å². The van der Waals surface area contributed by atoms with Crippen molar-refractivity contribution in [2.45, 2.75) is 82.7 Å². The molecule has 10 aromatic carbocycles. The van der Waals surface area contributed by atoms with Gasteiger partial charge in [-0.15, -0.1) is 0 Å². The summed E-state index contributed by atoms with van der Waals surface area (Å²) in [5.41, 5.74) is 21.3. The third-order valence-electron chi connectivity index (χ3n) is 16.6. The lowest BCUT2D eigenvalue weighted by Gasteiger charge is -2.36. The number of fused-ring (bicyclic) bond motifs is 6. The SMILES string of the molecule is CCCCCCc1ccc(C2(c3ccc(OCc4ccc(C(C)CC)cc4)cc3)c3ccccc3-c3ccc(N(c4ccccc4)c4ccc5c(c4)C(c4ccccc4)(c4ccccc4)c4ccccc4-5)cc32)cc1. The Bertz CT molecular complexity index is 3520. The van der Waals surface area contributed by atoms with Crippen LogP contribution in [0.2, 0.25) is 0 Å². The van der Waals surface area contributed by atoms with E-state index in [2.05, 4.69) is 274 Å². The molecule has 2 heteroatoms. The molecule has 0 bridgehead atoms. The molecule has 2 unspecified atom stereocenters. The molecule has 2 aliphatic rings. The number of para-hydroxylation sites is 1. The Hall–Kier alpha value is -8.20. The minimum Gasteiger partial charge on any atom is -0.489 e. The largest absolute Gasteiger partial charge is 0.489 e. The quantitative estimate of drug-likeness (QED) is 0.0843. The van der Waals surface area contributed by atoms with E-state index in [1.165, 1.54) is 109 Å². The first-order valence-electron chi connectivity index (χ1n) is 27.4. The van der Waals surface area contributed by atoms with E-state index in [4.69, 9.17) is 4.74 Å². The number of rotatable bonds is 17. The lowest BCUT2D eigenvalue weighted by atomic mass is 9.67. The summed E-state index contributed by atoms with van der Waals surface area (Å²) >= 11 is 0. The molecule has 0 spiro atoms. The van der Waals surface area contributed by atoms with Gasteiger partial charge in [0.05, 0.1) is 10.8 Å². The number of ether oxygens (including phenoxy) is 1. The zero-order valence-corrected chi connectivity index (χ0v) is 43.6. The van der Waals surface area contributed by atoms with Crippen LogP contribution in [-0.2, 0) is 23.9 Å². The van der Waals surface area contributed by atoms with Crippen molar-refractivity contribution in [2.24, 2.45) is 0 Å². The van der Waals surface area contributed by atoms with Gasteiger partial charge >= 0.3 is 0 Å². The fourth-order valence-electron chi connectivity index (χ4n) is 12.6. The first-order chi connectivity index (χ1) is 37.0. The highest BCUT2D eigenvalue weighted by Crippen LogP contribution is 2.59. The number of anilines is 3. The van der Waals surface area contributed by atoms with Crippen molar-refractivity contribution in [1.82, 2.24) is 0 Å². The Kier molecular flexibility index (Phi) is 13.1. The van der Waals surface area contributed by atoms with Gasteiger partial charge in [-0.25, -0.2) is 0 Å². The van der Waals surface area contributed by atoms with Crippen molar-refractivity contribution < 1.29 is 4.74 Å². The molecule has 0 saturated heterocycles. The zero-order valence-electron chi connectivity index (χ0n) is 43.6. The maximum absolute atomic E-state index is 6.55. The van der Waals surface area contributed by atoms with E-state index in [0.29, 0.717) is 12.5 Å². The van der Waals surface area contributed by atoms with Gasteiger partial charge in [0.15, 0.2) is 0 Å². The van der Waals surface area contributed by atoms with Gasteiger partial charge in [-0.3, -0.25) is 0 Å². The Labute approximate surface area is 445 Å². The van der Waals surface area contributed by atoms with Crippen LogP contribution in [0.15, 0.2) is 249 Å². The molecule has 0 heterocycles. The van der Waals surface area contributed by atoms with Crippen LogP contribution in [0.4, 0.5) is 17.1 Å². The van der Waals surface area contributed by atoms with E-state index >= 15 is 0 Å². The summed E-state index contributed by atoms with van der Waals surface area (Å²) in [5.74, 6) is 1.40. The van der Waals surface area contributed by atoms with Crippen molar-refractivity contribution in [2.75, 3.05) is 4.90 Å². The number of unbranched alkanes of at least 4 members (excludes halogenated alkanes) is 3. The van der Waals surface area contributed by atoms with Crippen molar-refractivity contribution >= 4 is 17.1 Å². The smallest absolute Gasteiger partial charge is 0.119 e. The fraction of sp³-hybridized carbons (Fsp3) is 0.178. The van der Waals surface area contributed by atoms with Crippen LogP contribution in [-0.4, -0.2) is 0 Å². The molecular weight excluding hydrogens is 907 g/mol. The fourth-order valence-corrected chi connectivity index (χ4v) is 12.6. The molecule has 0 N–H and O–H groups in total. The number of hydrogen-bond acceptors (Lipinski definition) is 2. The minimum absolute atomic E-state index is 0.516. The lowest BCUT2D eigenvalue weighted by molar-refractivity contribution is 0.306. The third kappa shape index (κ3) is 8.38. The van der Waals surface area contributed by atoms with Crippen LogP contribution in [0.1, 0.15) is 120 Å². The standard InChI is InChI=1S/C73H65NO/c1-4-6-7-11-22-53-35-39-58(40-36-53)73(59-41-45-63(46-42-59)75-51-54-33-37-55(38-34-54)52(3)5-2)69-32-21-19-30-65(69)67-48-44-62(50-71(67)73)74(60-27-16-10-17-28-60)61-43-47-66-64-29-18-20-31-68(64)72(70(66)49-61,56-23-12-8-13-24-56)57-25-14-9-15-26-57/h8-10,12-21,23-50,52H,4-7,11,22,51H2,1-3H3. The van der Waals surface area contributed by atoms with Crippen LogP contribution in [0.3, 0.4) is 0 Å². The van der Waals surface area contributed by atoms with E-state index in [1.54, 1.807) is 0 Å². The minimum atomic E-state index is -0.620. The van der Waals surface area contributed by atoms with Gasteiger partial charge in [-0.2, -0.15) is 0 Å². The summed E-state index contributed by atoms with van der Waals surface area (Å²) in [6.07, 6.45) is 7.20. The van der Waals surface area contributed by atoms with Gasteiger partial charge in [0.25, 0.3) is 0 Å². The maximum Gasteiger partial charge on any atom is 0.119 e. The third-order valence-corrected chi connectivity index (χ3v) is 16.6. The molecule has 0 saturated carbocycles. The van der Waals surface area contributed by atoms with E-state index in [-0.39, 0.29) is 0 Å². The molecule has 10 aromatic rings. The molecule has 0 radical (unpaired) electrons. The zero-order chi connectivity index (χ0) is 50.8. The number of nitrogens with zero attached hydrogens (tertiary/aromatic N) is 1. The van der Waals surface area contributed by atoms with E-state index in [1.807, 2.05) is 0 Å². The van der Waals surface area contributed by atoms with Gasteiger partial charge in [0.2, 0.25) is 0 Å². The lowest BCUT2D eigenvalue weighted by Crippen LogP contribution is -2.29. The van der Waals surface area contributed by atoms with Gasteiger partial charge in [0, 0.05) is 17.1 Å². The normalized spacial score (nSPS) is 15.1. The highest BCUT2D eigenvalue weighted by Gasteiger charge is 2.48. The molecular formula is C73H65NO. The molecule has 2 atom stereocenters. The van der Waals surface area contributed by atoms with Crippen LogP contribution in [0.5, 0.6) is 5.75 Å². The van der Waals surface area contributed by atoms with Crippen molar-refractivity contribution in [3.05, 3.63) is 310 Å². The first-order valence-corrected chi connectivity index (χ1v) is 27.4. The van der Waals surface area contributed by atoms with E-state index in [0.717, 1.165) is 35.7 Å². The van der Waals surface area contributed by atoms with Gasteiger partial charge in [0.1, 0.15) is 12.4 Å². The summed E-state index contributed by atoms with van der Waals surface area (Å²) in [4.78, 5) is 2.48. The summed E-state index contributed by atoms with van der Waals surface area (Å²) in [6, 6.07) is 93.3. The Morgan fingerprint density at radius 1 is 0.387 bits per heavy atom. The average Bonchev–Trinajstić information content (AvgIpc) is 4.11. The molecule has 0 aliphatic heterocycles. The predicted molar refractivity (Wildman–Crippen MR) is 313 cm³/mol. The monoisotopic (exact) mass is 972 g/mol. The Morgan fingerprint density at radius 3 is 1.36 bits per heavy atom. The summed E-state index contributed by atoms with van der Waals surface area (Å²) < 4.78 is 6.55. The molecule has 0 amide bonds. The van der Waals surface area contributed by atoms with Gasteiger partial charge in [-0.1, -0.05) is 240 Å². The topological polar surface area (TPSA) is 12.5 Å². The van der Waals surface area contributed by atoms with Gasteiger partial charge < -0.3 is 9.64 Å². The second kappa shape index (κ2) is 20.6. The highest BCUT2D eigenvalue weighted by atomic mass is 16.5. The highest BCUT2D eigenvalue weighted by molar-refractivity contribution is 5.92. The Balaban J connectivity index is 1.02. The van der Waals surface area contributed by atoms with Crippen LogP contribution in [0.25, 0.3) is 22.3 Å². The molecule has 12 rings (SSSR count). The number of aryl methyl sites for hydroxylation is 1. The molecule has 2 nitrogen and oxygen atoms in total. The summed E-state index contributed by atoms with van der Waals surface area (Å²) in [7, 11) is 0. The van der Waals surface area contributed by atoms with Crippen LogP contribution >= 0.6 is 0 Å². The number of benzene rings is 10. The average molecular weight is 972 g/mol. The second-order valence-corrected chi connectivity index (χ2v) is 20.8. The maximum atomic E-state index is 6.55. The molecule has 368 valence electrons. The number of hydrogen-bond donors (Lipinski definition) is 0. The predicted octanol–water partition coefficient (Wildman–Crippen LogP) is 19.1. The molecule has 0 aromatic heterocycles. The van der Waals surface area contributed by atoms with Crippen molar-refractivity contribution in [1.29, 1.82) is 0 Å². The first kappa shape index (κ1) is 47.8. The van der Waals surface area contributed by atoms with Crippen molar-refractivity contribution in [3.8, 4) is 28.0 Å². The molecule has 75 heavy (non-hydrogen) atoms. The molecule has 0 fully saturated rings. The summed E-state index contributed by atoms with van der Waals surface area (Å²) in [6.45, 7) is 7.34. The van der Waals surface area contributed by atoms with Crippen LogP contribution in [0, 0.1) is 0 Å². The molecule has 2 aliphatic carbocycles. The van der Waals surface area contributed by atoms with Crippen LogP contribution < -0.4 is 9.64 Å². The summed E-state index contributed by atoms with van der Waals surface area (Å²) in [5, 5.41) is 0.